The monoisotopic (exact) mass is 340 g/mol. The summed E-state index contributed by atoms with van der Waals surface area (Å²) in [4.78, 5) is 16.1. The highest BCUT2D eigenvalue weighted by Crippen LogP contribution is 2.28. The van der Waals surface area contributed by atoms with Crippen LogP contribution in [0.25, 0.3) is 5.65 Å². The molecule has 2 heterocycles. The van der Waals surface area contributed by atoms with Crippen LogP contribution in [0.1, 0.15) is 38.4 Å². The second-order valence-electron chi connectivity index (χ2n) is 6.35. The van der Waals surface area contributed by atoms with Gasteiger partial charge in [0.05, 0.1) is 17.8 Å². The van der Waals surface area contributed by atoms with E-state index in [1.165, 1.54) is 6.07 Å². The highest BCUT2D eigenvalue weighted by molar-refractivity contribution is 5.94. The standard InChI is InChI=1S/C19H21FN4O/c1-11-6-5-7-12(2)16(11)10-24(20)17-8-15(18(21)25)9-23-14(4)13(3)22-19(17)23/h5-9H,10H2,1-4H3,(H2,21,25). The molecule has 0 spiro atoms. The number of benzene rings is 1. The van der Waals surface area contributed by atoms with Crippen molar-refractivity contribution >= 4 is 17.2 Å². The Kier molecular flexibility index (Phi) is 4.20. The molecule has 5 nitrogen and oxygen atoms in total. The van der Waals surface area contributed by atoms with E-state index >= 15 is 4.48 Å². The maximum atomic E-state index is 15.1. The molecule has 3 rings (SSSR count). The van der Waals surface area contributed by atoms with Crippen LogP contribution in [-0.4, -0.2) is 15.3 Å². The van der Waals surface area contributed by atoms with Gasteiger partial charge in [-0.1, -0.05) is 22.7 Å². The van der Waals surface area contributed by atoms with Crippen LogP contribution in [0.2, 0.25) is 0 Å². The molecule has 6 heteroatoms. The largest absolute Gasteiger partial charge is 0.366 e. The van der Waals surface area contributed by atoms with Crippen molar-refractivity contribution < 1.29 is 9.28 Å². The first-order chi connectivity index (χ1) is 11.8. The number of anilines is 1. The summed E-state index contributed by atoms with van der Waals surface area (Å²) < 4.78 is 16.8. The van der Waals surface area contributed by atoms with Gasteiger partial charge in [0.25, 0.3) is 0 Å². The summed E-state index contributed by atoms with van der Waals surface area (Å²) in [5.74, 6) is -0.602. The Morgan fingerprint density at radius 1 is 1.24 bits per heavy atom. The zero-order chi connectivity index (χ0) is 18.3. The van der Waals surface area contributed by atoms with Gasteiger partial charge >= 0.3 is 0 Å². The number of carbonyl (C=O) groups excluding carboxylic acids is 1. The number of hydrogen-bond acceptors (Lipinski definition) is 3. The van der Waals surface area contributed by atoms with E-state index in [0.717, 1.165) is 28.1 Å². The summed E-state index contributed by atoms with van der Waals surface area (Å²) in [7, 11) is 0. The number of amides is 1. The van der Waals surface area contributed by atoms with Crippen molar-refractivity contribution in [2.24, 2.45) is 5.73 Å². The molecule has 1 aromatic carbocycles. The maximum Gasteiger partial charge on any atom is 0.250 e. The SMILES string of the molecule is Cc1cccc(C)c1CN(F)c1cc(C(N)=O)cn2c(C)c(C)nc12. The van der Waals surface area contributed by atoms with Crippen molar-refractivity contribution in [3.05, 3.63) is 64.1 Å². The van der Waals surface area contributed by atoms with Crippen molar-refractivity contribution in [3.63, 3.8) is 0 Å². The number of hydrogen-bond donors (Lipinski definition) is 1. The topological polar surface area (TPSA) is 63.6 Å². The molecular formula is C19H21FN4O. The number of fused-ring (bicyclic) bond motifs is 1. The van der Waals surface area contributed by atoms with Gasteiger partial charge in [-0.15, -0.1) is 0 Å². The van der Waals surface area contributed by atoms with Gasteiger partial charge in [0, 0.05) is 11.9 Å². The molecule has 25 heavy (non-hydrogen) atoms. The molecule has 0 radical (unpaired) electrons. The van der Waals surface area contributed by atoms with E-state index in [9.17, 15) is 4.79 Å². The number of imidazole rings is 1. The predicted octanol–water partition coefficient (Wildman–Crippen LogP) is 3.56. The van der Waals surface area contributed by atoms with E-state index in [2.05, 4.69) is 4.98 Å². The van der Waals surface area contributed by atoms with Crippen molar-refractivity contribution in [1.82, 2.24) is 9.38 Å². The molecule has 0 fully saturated rings. The average Bonchev–Trinajstić information content (AvgIpc) is 2.85. The van der Waals surface area contributed by atoms with Gasteiger partial charge in [-0.05, 0) is 50.5 Å². The van der Waals surface area contributed by atoms with Crippen LogP contribution in [0.3, 0.4) is 0 Å². The molecule has 2 N–H and O–H groups in total. The van der Waals surface area contributed by atoms with Crippen molar-refractivity contribution in [3.8, 4) is 0 Å². The van der Waals surface area contributed by atoms with Crippen LogP contribution < -0.4 is 10.9 Å². The number of carbonyl (C=O) groups is 1. The quantitative estimate of drug-likeness (QED) is 0.739. The first-order valence-electron chi connectivity index (χ1n) is 8.07. The summed E-state index contributed by atoms with van der Waals surface area (Å²) in [6.07, 6.45) is 1.60. The van der Waals surface area contributed by atoms with E-state index in [0.29, 0.717) is 10.8 Å². The fourth-order valence-corrected chi connectivity index (χ4v) is 2.99. The van der Waals surface area contributed by atoms with Gasteiger partial charge in [0.2, 0.25) is 5.91 Å². The molecule has 0 saturated heterocycles. The lowest BCUT2D eigenvalue weighted by molar-refractivity contribution is 0.1000. The maximum absolute atomic E-state index is 15.1. The fourth-order valence-electron chi connectivity index (χ4n) is 2.99. The Balaban J connectivity index is 2.13. The van der Waals surface area contributed by atoms with Crippen LogP contribution in [0.4, 0.5) is 10.2 Å². The number of primary amides is 1. The molecule has 0 bridgehead atoms. The first kappa shape index (κ1) is 17.0. The zero-order valence-corrected chi connectivity index (χ0v) is 14.8. The molecule has 3 aromatic rings. The second-order valence-corrected chi connectivity index (χ2v) is 6.35. The molecule has 1 amide bonds. The molecular weight excluding hydrogens is 319 g/mol. The van der Waals surface area contributed by atoms with E-state index in [-0.39, 0.29) is 17.8 Å². The predicted molar refractivity (Wildman–Crippen MR) is 96.4 cm³/mol. The van der Waals surface area contributed by atoms with E-state index in [1.54, 1.807) is 10.6 Å². The van der Waals surface area contributed by atoms with Crippen LogP contribution in [0, 0.1) is 27.7 Å². The Hall–Kier alpha value is -2.89. The third-order valence-electron chi connectivity index (χ3n) is 4.66. The minimum absolute atomic E-state index is 0.0708. The fraction of sp³-hybridized carbons (Fsp3) is 0.263. The number of nitrogens with zero attached hydrogens (tertiary/aromatic N) is 3. The smallest absolute Gasteiger partial charge is 0.250 e. The van der Waals surface area contributed by atoms with E-state index < -0.39 is 5.91 Å². The van der Waals surface area contributed by atoms with Crippen molar-refractivity contribution in [2.75, 3.05) is 5.12 Å². The normalized spacial score (nSPS) is 11.1. The molecule has 0 unspecified atom stereocenters. The van der Waals surface area contributed by atoms with E-state index in [4.69, 9.17) is 5.73 Å². The molecule has 0 saturated carbocycles. The lowest BCUT2D eigenvalue weighted by atomic mass is 10.0. The number of pyridine rings is 1. The van der Waals surface area contributed by atoms with Gasteiger partial charge in [0.15, 0.2) is 5.65 Å². The van der Waals surface area contributed by atoms with Crippen LogP contribution in [0.15, 0.2) is 30.5 Å². The van der Waals surface area contributed by atoms with Gasteiger partial charge in [-0.25, -0.2) is 10.1 Å². The summed E-state index contributed by atoms with van der Waals surface area (Å²) in [5, 5.41) is 0.628. The Labute approximate surface area is 145 Å². The molecule has 0 aliphatic rings. The zero-order valence-electron chi connectivity index (χ0n) is 14.8. The van der Waals surface area contributed by atoms with Crippen molar-refractivity contribution in [2.45, 2.75) is 34.2 Å². The minimum Gasteiger partial charge on any atom is -0.366 e. The van der Waals surface area contributed by atoms with Gasteiger partial charge in [-0.2, -0.15) is 0 Å². The summed E-state index contributed by atoms with van der Waals surface area (Å²) in [5.41, 5.74) is 10.9. The van der Waals surface area contributed by atoms with Gasteiger partial charge in [-0.3, -0.25) is 4.79 Å². The lowest BCUT2D eigenvalue weighted by Gasteiger charge is -2.18. The highest BCUT2D eigenvalue weighted by Gasteiger charge is 2.19. The van der Waals surface area contributed by atoms with Crippen LogP contribution in [0.5, 0.6) is 0 Å². The molecule has 130 valence electrons. The third-order valence-corrected chi connectivity index (χ3v) is 4.66. The first-order valence-corrected chi connectivity index (χ1v) is 8.07. The number of aryl methyl sites for hydroxylation is 4. The van der Waals surface area contributed by atoms with Crippen LogP contribution in [-0.2, 0) is 6.54 Å². The average molecular weight is 340 g/mol. The molecule has 0 atom stereocenters. The molecule has 0 aliphatic heterocycles. The Morgan fingerprint density at radius 3 is 2.48 bits per heavy atom. The second kappa shape index (κ2) is 6.20. The lowest BCUT2D eigenvalue weighted by Crippen LogP contribution is -2.17. The summed E-state index contributed by atoms with van der Waals surface area (Å²) >= 11 is 0. The number of rotatable bonds is 4. The molecule has 2 aromatic heterocycles. The number of nitrogens with two attached hydrogens (primary N) is 1. The number of halogens is 1. The van der Waals surface area contributed by atoms with Gasteiger partial charge < -0.3 is 10.1 Å². The molecule has 0 aliphatic carbocycles. The number of aromatic nitrogens is 2. The Morgan fingerprint density at radius 2 is 1.88 bits per heavy atom. The Bertz CT molecular complexity index is 957. The van der Waals surface area contributed by atoms with Gasteiger partial charge in [0.1, 0.15) is 5.69 Å². The third kappa shape index (κ3) is 2.95. The highest BCUT2D eigenvalue weighted by atomic mass is 19.2. The van der Waals surface area contributed by atoms with Crippen molar-refractivity contribution in [1.29, 1.82) is 0 Å². The minimum atomic E-state index is -0.602. The van der Waals surface area contributed by atoms with E-state index in [1.807, 2.05) is 45.9 Å². The summed E-state index contributed by atoms with van der Waals surface area (Å²) in [6, 6.07) is 7.31. The van der Waals surface area contributed by atoms with Crippen LogP contribution >= 0.6 is 0 Å². The summed E-state index contributed by atoms with van der Waals surface area (Å²) in [6.45, 7) is 7.70.